The molecule has 2 aromatic rings. The first-order valence-corrected chi connectivity index (χ1v) is 10.3. The molecule has 1 aliphatic carbocycles. The number of likely N-dealkylation sites (tertiary alicyclic amines) is 1. The maximum absolute atomic E-state index is 13.2. The summed E-state index contributed by atoms with van der Waals surface area (Å²) in [4.78, 5) is 15.1. The van der Waals surface area contributed by atoms with Crippen LogP contribution in [0.3, 0.4) is 0 Å². The van der Waals surface area contributed by atoms with Gasteiger partial charge < -0.3 is 24.1 Å². The van der Waals surface area contributed by atoms with Crippen molar-refractivity contribution >= 4 is 6.03 Å². The lowest BCUT2D eigenvalue weighted by Crippen LogP contribution is -2.61. The average molecular weight is 399 g/mol. The molecule has 2 aliphatic rings. The zero-order chi connectivity index (χ0) is 20.6. The number of hydrogen-bond acceptors (Lipinski definition) is 4. The Bertz CT molecular complexity index is 871. The van der Waals surface area contributed by atoms with Gasteiger partial charge in [0.05, 0.1) is 32.6 Å². The molecule has 0 radical (unpaired) electrons. The summed E-state index contributed by atoms with van der Waals surface area (Å²) < 4.78 is 16.6. The molecule has 1 N–H and O–H groups in total. The smallest absolute Gasteiger partial charge is 0.318 e. The van der Waals surface area contributed by atoms with Gasteiger partial charge in [0.15, 0.2) is 11.5 Å². The van der Waals surface area contributed by atoms with E-state index in [0.717, 1.165) is 36.3 Å². The molecule has 1 spiro atoms. The Labute approximate surface area is 172 Å². The van der Waals surface area contributed by atoms with Gasteiger partial charge in [-0.1, -0.05) is 18.9 Å². The third-order valence-electron chi connectivity index (χ3n) is 6.69. The fourth-order valence-electron chi connectivity index (χ4n) is 5.25. The number of methoxy groups -OCH3 is 2. The van der Waals surface area contributed by atoms with Crippen molar-refractivity contribution in [3.63, 3.8) is 0 Å². The third kappa shape index (κ3) is 3.24. The highest BCUT2D eigenvalue weighted by atomic mass is 16.5. The van der Waals surface area contributed by atoms with Gasteiger partial charge in [0, 0.05) is 17.5 Å². The zero-order valence-electron chi connectivity index (χ0n) is 17.7. The van der Waals surface area contributed by atoms with Crippen LogP contribution in [0, 0.1) is 12.3 Å². The zero-order valence-corrected chi connectivity index (χ0v) is 17.7. The minimum Gasteiger partial charge on any atom is -0.493 e. The number of benzene rings is 1. The van der Waals surface area contributed by atoms with Gasteiger partial charge in [-0.05, 0) is 50.5 Å². The molecule has 1 saturated carbocycles. The Hall–Kier alpha value is -2.63. The maximum atomic E-state index is 13.2. The fraction of sp³-hybridized carbons (Fsp3) is 0.522. The second kappa shape index (κ2) is 7.65. The normalized spacial score (nSPS) is 21.0. The van der Waals surface area contributed by atoms with Crippen molar-refractivity contribution in [3.05, 3.63) is 47.4 Å². The second-order valence-corrected chi connectivity index (χ2v) is 8.30. The number of nitrogens with one attached hydrogen (secondary N) is 1. The number of nitrogens with zero attached hydrogens (tertiary/aromatic N) is 1. The molecule has 2 fully saturated rings. The van der Waals surface area contributed by atoms with Gasteiger partial charge in [-0.2, -0.15) is 0 Å². The van der Waals surface area contributed by atoms with Crippen LogP contribution in [0.5, 0.6) is 11.5 Å². The van der Waals surface area contributed by atoms with Crippen LogP contribution >= 0.6 is 0 Å². The summed E-state index contributed by atoms with van der Waals surface area (Å²) in [5.74, 6) is 2.28. The summed E-state index contributed by atoms with van der Waals surface area (Å²) in [5, 5.41) is 3.17. The first kappa shape index (κ1) is 19.7. The molecule has 6 heteroatoms. The third-order valence-corrected chi connectivity index (χ3v) is 6.69. The van der Waals surface area contributed by atoms with Crippen molar-refractivity contribution in [2.75, 3.05) is 20.8 Å². The summed E-state index contributed by atoms with van der Waals surface area (Å²) in [6, 6.07) is 7.59. The molecule has 2 atom stereocenters. The van der Waals surface area contributed by atoms with Crippen molar-refractivity contribution in [2.45, 2.75) is 51.6 Å². The second-order valence-electron chi connectivity index (χ2n) is 8.30. The van der Waals surface area contributed by atoms with E-state index in [1.165, 1.54) is 12.8 Å². The van der Waals surface area contributed by atoms with E-state index in [4.69, 9.17) is 13.9 Å². The minimum absolute atomic E-state index is 0.0266. The van der Waals surface area contributed by atoms with Gasteiger partial charge in [-0.15, -0.1) is 0 Å². The topological polar surface area (TPSA) is 63.9 Å². The highest BCUT2D eigenvalue weighted by Gasteiger charge is 2.57. The Morgan fingerprint density at radius 3 is 2.62 bits per heavy atom. The number of hydrogen-bond donors (Lipinski definition) is 1. The van der Waals surface area contributed by atoms with Crippen molar-refractivity contribution < 1.29 is 18.7 Å². The summed E-state index contributed by atoms with van der Waals surface area (Å²) in [7, 11) is 3.26. The van der Waals surface area contributed by atoms with Gasteiger partial charge in [0.1, 0.15) is 5.76 Å². The Morgan fingerprint density at radius 2 is 2.00 bits per heavy atom. The summed E-state index contributed by atoms with van der Waals surface area (Å²) in [6.45, 7) is 4.78. The molecule has 1 aliphatic heterocycles. The van der Waals surface area contributed by atoms with E-state index in [0.29, 0.717) is 11.5 Å². The molecule has 4 rings (SSSR count). The molecule has 6 nitrogen and oxygen atoms in total. The van der Waals surface area contributed by atoms with E-state index >= 15 is 0 Å². The largest absolute Gasteiger partial charge is 0.493 e. The van der Waals surface area contributed by atoms with Crippen LogP contribution in [0.1, 0.15) is 61.6 Å². The van der Waals surface area contributed by atoms with Crippen molar-refractivity contribution in [1.29, 1.82) is 0 Å². The minimum atomic E-state index is -0.153. The monoisotopic (exact) mass is 398 g/mol. The molecule has 2 amide bonds. The predicted molar refractivity (Wildman–Crippen MR) is 110 cm³/mol. The standard InChI is InChI=1S/C23H30N2O4/c1-15-17(9-10-18(27-3)20(15)28-4)16(2)24-22(26)25-14-23(11-5-6-12-23)21(25)19-8-7-13-29-19/h7-10,13,16,21H,5-6,11-12,14H2,1-4H3,(H,24,26). The van der Waals surface area contributed by atoms with Crippen LogP contribution in [0.4, 0.5) is 4.79 Å². The highest BCUT2D eigenvalue weighted by Crippen LogP contribution is 2.58. The number of carbonyl (C=O) groups excluding carboxylic acids is 1. The van der Waals surface area contributed by atoms with Crippen LogP contribution in [0.2, 0.25) is 0 Å². The van der Waals surface area contributed by atoms with Crippen molar-refractivity contribution in [2.24, 2.45) is 5.41 Å². The van der Waals surface area contributed by atoms with Gasteiger partial charge in [0.25, 0.3) is 0 Å². The lowest BCUT2D eigenvalue weighted by atomic mass is 9.69. The van der Waals surface area contributed by atoms with Gasteiger partial charge in [0.2, 0.25) is 0 Å². The summed E-state index contributed by atoms with van der Waals surface area (Å²) in [5.41, 5.74) is 2.16. The van der Waals surface area contributed by atoms with E-state index in [1.54, 1.807) is 20.5 Å². The summed E-state index contributed by atoms with van der Waals surface area (Å²) in [6.07, 6.45) is 6.47. The molecule has 1 aromatic heterocycles. The van der Waals surface area contributed by atoms with E-state index in [2.05, 4.69) is 5.32 Å². The molecule has 29 heavy (non-hydrogen) atoms. The van der Waals surface area contributed by atoms with Gasteiger partial charge in [-0.25, -0.2) is 4.79 Å². The molecule has 2 unspecified atom stereocenters. The molecule has 0 bridgehead atoms. The van der Waals surface area contributed by atoms with E-state index in [-0.39, 0.29) is 23.5 Å². The molecular formula is C23H30N2O4. The lowest BCUT2D eigenvalue weighted by molar-refractivity contribution is -0.0509. The lowest BCUT2D eigenvalue weighted by Gasteiger charge is -2.55. The maximum Gasteiger partial charge on any atom is 0.318 e. The quantitative estimate of drug-likeness (QED) is 0.770. The number of rotatable bonds is 5. The Balaban J connectivity index is 1.52. The number of urea groups is 1. The van der Waals surface area contributed by atoms with Crippen LogP contribution in [0.25, 0.3) is 0 Å². The van der Waals surface area contributed by atoms with E-state index in [1.807, 2.05) is 43.0 Å². The van der Waals surface area contributed by atoms with Crippen LogP contribution in [-0.2, 0) is 0 Å². The number of furan rings is 1. The summed E-state index contributed by atoms with van der Waals surface area (Å²) >= 11 is 0. The Morgan fingerprint density at radius 1 is 1.24 bits per heavy atom. The number of carbonyl (C=O) groups is 1. The molecule has 1 aromatic carbocycles. The van der Waals surface area contributed by atoms with E-state index in [9.17, 15) is 4.79 Å². The Kier molecular flexibility index (Phi) is 5.19. The molecular weight excluding hydrogens is 368 g/mol. The predicted octanol–water partition coefficient (Wildman–Crippen LogP) is 4.99. The first-order valence-electron chi connectivity index (χ1n) is 10.3. The highest BCUT2D eigenvalue weighted by molar-refractivity contribution is 5.77. The average Bonchev–Trinajstić information content (AvgIpc) is 3.38. The molecule has 1 saturated heterocycles. The van der Waals surface area contributed by atoms with Gasteiger partial charge in [-0.3, -0.25) is 0 Å². The van der Waals surface area contributed by atoms with Crippen LogP contribution in [-0.4, -0.2) is 31.7 Å². The van der Waals surface area contributed by atoms with E-state index < -0.39 is 0 Å². The SMILES string of the molecule is COc1ccc(C(C)NC(=O)N2CC3(CCCC3)C2c2ccco2)c(C)c1OC. The fourth-order valence-corrected chi connectivity index (χ4v) is 5.25. The first-order chi connectivity index (χ1) is 14.0. The molecule has 2 heterocycles. The van der Waals surface area contributed by atoms with Gasteiger partial charge >= 0.3 is 6.03 Å². The van der Waals surface area contributed by atoms with Crippen LogP contribution < -0.4 is 14.8 Å². The number of ether oxygens (including phenoxy) is 2. The molecule has 156 valence electrons. The van der Waals surface area contributed by atoms with Crippen molar-refractivity contribution in [1.82, 2.24) is 10.2 Å². The number of amides is 2. The van der Waals surface area contributed by atoms with Crippen LogP contribution in [0.15, 0.2) is 34.9 Å². The van der Waals surface area contributed by atoms with Crippen molar-refractivity contribution in [3.8, 4) is 11.5 Å².